The number of aromatic nitrogens is 1. The Labute approximate surface area is 315 Å². The van der Waals surface area contributed by atoms with Gasteiger partial charge in [0.15, 0.2) is 11.2 Å². The summed E-state index contributed by atoms with van der Waals surface area (Å²) in [6.07, 6.45) is 0. The molecule has 0 saturated heterocycles. The maximum absolute atomic E-state index is 6.80. The van der Waals surface area contributed by atoms with E-state index in [9.17, 15) is 0 Å². The molecule has 0 saturated carbocycles. The molecule has 11 rings (SSSR count). The Morgan fingerprint density at radius 3 is 1.65 bits per heavy atom. The van der Waals surface area contributed by atoms with Crippen LogP contribution in [0.2, 0.25) is 0 Å². The van der Waals surface area contributed by atoms with Crippen molar-refractivity contribution in [2.24, 2.45) is 0 Å². The van der Waals surface area contributed by atoms with Crippen LogP contribution < -0.4 is 9.80 Å². The van der Waals surface area contributed by atoms with E-state index in [1.807, 2.05) is 72.8 Å². The molecule has 0 amide bonds. The Morgan fingerprint density at radius 1 is 0.345 bits per heavy atom. The summed E-state index contributed by atoms with van der Waals surface area (Å²) in [6.45, 7) is 0. The fourth-order valence-electron chi connectivity index (χ4n) is 7.77. The van der Waals surface area contributed by atoms with E-state index in [1.54, 1.807) is 0 Å². The standard InChI is InChI=1S/C49H31N3O3/c1-4-15-32(16-5-1)49-50-41-30-36(52(34-19-8-3-9-20-34)42-24-14-23-39-37-21-10-13-26-45(37)54-47(39)42)31-43(48(41)55-49)51(33-17-6-2-7-18-33)35-27-28-46-40(29-35)38-22-11-12-25-44(38)53-46/h1-31H. The molecule has 0 aliphatic rings. The summed E-state index contributed by atoms with van der Waals surface area (Å²) in [5, 5.41) is 4.22. The fraction of sp³-hybridized carbons (Fsp3) is 0. The average Bonchev–Trinajstić information content (AvgIpc) is 3.96. The normalized spacial score (nSPS) is 11.6. The van der Waals surface area contributed by atoms with E-state index in [4.69, 9.17) is 18.2 Å². The van der Waals surface area contributed by atoms with Gasteiger partial charge in [0.05, 0.1) is 17.1 Å². The lowest BCUT2D eigenvalue weighted by Gasteiger charge is -2.29. The van der Waals surface area contributed by atoms with Crippen molar-refractivity contribution in [3.8, 4) is 11.5 Å². The molecule has 0 aliphatic heterocycles. The predicted octanol–water partition coefficient (Wildman–Crippen LogP) is 14.2. The van der Waals surface area contributed by atoms with Crippen LogP contribution in [0.1, 0.15) is 0 Å². The van der Waals surface area contributed by atoms with Gasteiger partial charge >= 0.3 is 0 Å². The van der Waals surface area contributed by atoms with Crippen molar-refractivity contribution in [2.45, 2.75) is 0 Å². The molecule has 0 spiro atoms. The number of hydrogen-bond acceptors (Lipinski definition) is 6. The Hall–Kier alpha value is -7.57. The van der Waals surface area contributed by atoms with Gasteiger partial charge in [-0.3, -0.25) is 0 Å². The van der Waals surface area contributed by atoms with E-state index >= 15 is 0 Å². The summed E-state index contributed by atoms with van der Waals surface area (Å²) in [7, 11) is 0. The lowest BCUT2D eigenvalue weighted by atomic mass is 10.1. The number of hydrogen-bond donors (Lipinski definition) is 0. The number of anilines is 6. The van der Waals surface area contributed by atoms with E-state index in [0.29, 0.717) is 11.5 Å². The Kier molecular flexibility index (Phi) is 7.07. The smallest absolute Gasteiger partial charge is 0.227 e. The first-order valence-corrected chi connectivity index (χ1v) is 18.3. The first-order chi connectivity index (χ1) is 27.3. The molecule has 0 N–H and O–H groups in total. The third-order valence-electron chi connectivity index (χ3n) is 10.2. The summed E-state index contributed by atoms with van der Waals surface area (Å²) >= 11 is 0. The summed E-state index contributed by atoms with van der Waals surface area (Å²) in [4.78, 5) is 9.66. The van der Waals surface area contributed by atoms with Gasteiger partial charge in [0.2, 0.25) is 5.89 Å². The second-order valence-corrected chi connectivity index (χ2v) is 13.6. The zero-order valence-corrected chi connectivity index (χ0v) is 29.5. The van der Waals surface area contributed by atoms with E-state index in [-0.39, 0.29) is 0 Å². The van der Waals surface area contributed by atoms with Crippen molar-refractivity contribution in [3.05, 3.63) is 188 Å². The number of rotatable bonds is 7. The number of furan rings is 2. The molecule has 0 unspecified atom stereocenters. The minimum atomic E-state index is 0.545. The zero-order chi connectivity index (χ0) is 36.3. The van der Waals surface area contributed by atoms with E-state index in [2.05, 4.69) is 125 Å². The summed E-state index contributed by atoms with van der Waals surface area (Å²) < 4.78 is 19.7. The van der Waals surface area contributed by atoms with Crippen LogP contribution in [0.15, 0.2) is 201 Å². The zero-order valence-electron chi connectivity index (χ0n) is 29.5. The van der Waals surface area contributed by atoms with Crippen molar-refractivity contribution >= 4 is 89.1 Å². The van der Waals surface area contributed by atoms with E-state index in [1.165, 1.54) is 0 Å². The molecular weight excluding hydrogens is 679 g/mol. The number of nitrogens with zero attached hydrogens (tertiary/aromatic N) is 3. The van der Waals surface area contributed by atoms with Crippen molar-refractivity contribution in [3.63, 3.8) is 0 Å². The van der Waals surface area contributed by atoms with Gasteiger partial charge in [0.25, 0.3) is 0 Å². The molecular formula is C49H31N3O3. The van der Waals surface area contributed by atoms with Gasteiger partial charge in [-0.2, -0.15) is 0 Å². The summed E-state index contributed by atoms with van der Waals surface area (Å²) in [5.41, 5.74) is 11.1. The Balaban J connectivity index is 1.21. The maximum Gasteiger partial charge on any atom is 0.227 e. The molecule has 0 atom stereocenters. The molecule has 0 aliphatic carbocycles. The van der Waals surface area contributed by atoms with Crippen LogP contribution in [-0.4, -0.2) is 4.98 Å². The molecule has 0 fully saturated rings. The Morgan fingerprint density at radius 2 is 0.927 bits per heavy atom. The highest BCUT2D eigenvalue weighted by Gasteiger charge is 2.26. The van der Waals surface area contributed by atoms with E-state index < -0.39 is 0 Å². The monoisotopic (exact) mass is 709 g/mol. The maximum atomic E-state index is 6.80. The number of fused-ring (bicyclic) bond motifs is 7. The van der Waals surface area contributed by atoms with Crippen LogP contribution in [0.25, 0.3) is 66.4 Å². The van der Waals surface area contributed by atoms with Crippen molar-refractivity contribution in [2.75, 3.05) is 9.80 Å². The van der Waals surface area contributed by atoms with Crippen molar-refractivity contribution in [1.82, 2.24) is 4.98 Å². The number of benzene rings is 8. The van der Waals surface area contributed by atoms with Crippen molar-refractivity contribution < 1.29 is 13.3 Å². The first-order valence-electron chi connectivity index (χ1n) is 18.3. The highest BCUT2D eigenvalue weighted by atomic mass is 16.4. The fourth-order valence-corrected chi connectivity index (χ4v) is 7.77. The molecule has 8 aromatic carbocycles. The van der Waals surface area contributed by atoms with Crippen molar-refractivity contribution in [1.29, 1.82) is 0 Å². The van der Waals surface area contributed by atoms with Gasteiger partial charge in [-0.25, -0.2) is 4.98 Å². The topological polar surface area (TPSA) is 58.8 Å². The van der Waals surface area contributed by atoms with Crippen LogP contribution in [0.3, 0.4) is 0 Å². The minimum absolute atomic E-state index is 0.545. The quantitative estimate of drug-likeness (QED) is 0.164. The lowest BCUT2D eigenvalue weighted by Crippen LogP contribution is -2.13. The largest absolute Gasteiger partial charge is 0.456 e. The Bertz CT molecular complexity index is 3170. The molecule has 11 aromatic rings. The number of para-hydroxylation sites is 5. The molecule has 3 aromatic heterocycles. The van der Waals surface area contributed by atoms with E-state index in [0.717, 1.165) is 89.1 Å². The second kappa shape index (κ2) is 12.5. The van der Waals surface area contributed by atoms with Crippen LogP contribution in [0.4, 0.5) is 34.1 Å². The van der Waals surface area contributed by atoms with Gasteiger partial charge in [-0.1, -0.05) is 103 Å². The third-order valence-corrected chi connectivity index (χ3v) is 10.2. The van der Waals surface area contributed by atoms with Gasteiger partial charge in [-0.05, 0) is 84.9 Å². The molecule has 0 radical (unpaired) electrons. The summed E-state index contributed by atoms with van der Waals surface area (Å²) in [6, 6.07) is 64.2. The highest BCUT2D eigenvalue weighted by Crippen LogP contribution is 2.48. The minimum Gasteiger partial charge on any atom is -0.456 e. The van der Waals surface area contributed by atoms with Gasteiger partial charge < -0.3 is 23.1 Å². The lowest BCUT2D eigenvalue weighted by molar-refractivity contribution is 0.620. The molecule has 260 valence electrons. The predicted molar refractivity (Wildman–Crippen MR) is 223 cm³/mol. The molecule has 3 heterocycles. The van der Waals surface area contributed by atoms with Crippen LogP contribution >= 0.6 is 0 Å². The highest BCUT2D eigenvalue weighted by molar-refractivity contribution is 6.11. The number of oxazole rings is 1. The summed E-state index contributed by atoms with van der Waals surface area (Å²) in [5.74, 6) is 0.545. The molecule has 6 nitrogen and oxygen atoms in total. The van der Waals surface area contributed by atoms with Crippen LogP contribution in [0, 0.1) is 0 Å². The SMILES string of the molecule is c1ccc(-c2nc3cc(N(c4ccccc4)c4cccc5c4oc4ccccc45)cc(N(c4ccccc4)c4ccc5oc6ccccc6c5c4)c3o2)cc1. The molecule has 6 heteroatoms. The third kappa shape index (κ3) is 5.15. The molecule has 0 bridgehead atoms. The average molecular weight is 710 g/mol. The first kappa shape index (κ1) is 31.0. The van der Waals surface area contributed by atoms with Gasteiger partial charge in [0, 0.05) is 44.2 Å². The van der Waals surface area contributed by atoms with Gasteiger partial charge in [-0.15, -0.1) is 0 Å². The van der Waals surface area contributed by atoms with Gasteiger partial charge in [0.1, 0.15) is 22.3 Å². The molecule has 55 heavy (non-hydrogen) atoms. The van der Waals surface area contributed by atoms with Crippen LogP contribution in [0.5, 0.6) is 0 Å². The second-order valence-electron chi connectivity index (χ2n) is 13.6. The van der Waals surface area contributed by atoms with Crippen LogP contribution in [-0.2, 0) is 0 Å².